The maximum atomic E-state index is 5.34. The van der Waals surface area contributed by atoms with E-state index in [0.717, 1.165) is 23.7 Å². The Bertz CT molecular complexity index is 916. The summed E-state index contributed by atoms with van der Waals surface area (Å²) < 4.78 is 0. The van der Waals surface area contributed by atoms with Crippen molar-refractivity contribution in [1.82, 2.24) is 9.88 Å². The van der Waals surface area contributed by atoms with Crippen molar-refractivity contribution in [3.63, 3.8) is 0 Å². The van der Waals surface area contributed by atoms with Gasteiger partial charge >= 0.3 is 0 Å². The quantitative estimate of drug-likeness (QED) is 0.204. The fourth-order valence-electron chi connectivity index (χ4n) is 2.55. The summed E-state index contributed by atoms with van der Waals surface area (Å²) in [5.41, 5.74) is 4.92. The van der Waals surface area contributed by atoms with E-state index in [1.54, 1.807) is 18.0 Å². The Balaban J connectivity index is 1.41. The minimum absolute atomic E-state index is 0.305. The Morgan fingerprint density at radius 3 is 2.52 bits per heavy atom. The zero-order valence-corrected chi connectivity index (χ0v) is 17.2. The Hall–Kier alpha value is -2.96. The number of hydrogen-bond donors (Lipinski definition) is 0. The minimum Gasteiger partial charge on any atom is -0.389 e. The summed E-state index contributed by atoms with van der Waals surface area (Å²) in [6, 6.07) is 26.0. The first kappa shape index (κ1) is 20.8. The summed E-state index contributed by atoms with van der Waals surface area (Å²) in [7, 11) is 2.10. The van der Waals surface area contributed by atoms with Crippen molar-refractivity contribution in [1.29, 1.82) is 0 Å². The van der Waals surface area contributed by atoms with E-state index in [4.69, 9.17) is 4.84 Å². The zero-order chi connectivity index (χ0) is 20.2. The molecule has 0 fully saturated rings. The Kier molecular flexibility index (Phi) is 8.44. The molecule has 0 aliphatic rings. The van der Waals surface area contributed by atoms with Gasteiger partial charge in [-0.05, 0) is 30.3 Å². The fraction of sp³-hybridized carbons (Fsp3) is 0.174. The topological polar surface area (TPSA) is 50.1 Å². The van der Waals surface area contributed by atoms with Crippen LogP contribution < -0.4 is 0 Å². The number of aliphatic imine (C=N–C) groups is 1. The predicted octanol–water partition coefficient (Wildman–Crippen LogP) is 5.11. The second-order valence-electron chi connectivity index (χ2n) is 6.44. The first-order valence-electron chi connectivity index (χ1n) is 9.32. The molecule has 148 valence electrons. The highest BCUT2D eigenvalue weighted by Crippen LogP contribution is 2.12. The molecule has 3 rings (SSSR count). The van der Waals surface area contributed by atoms with Crippen LogP contribution in [0.3, 0.4) is 0 Å². The van der Waals surface area contributed by atoms with Gasteiger partial charge in [0.05, 0.1) is 23.3 Å². The molecule has 0 aliphatic carbocycles. The average molecular weight is 405 g/mol. The van der Waals surface area contributed by atoms with Crippen LogP contribution in [0.15, 0.2) is 89.0 Å². The molecule has 0 saturated heterocycles. The number of benzene rings is 2. The number of hydrogen-bond acceptors (Lipinski definition) is 6. The van der Waals surface area contributed by atoms with Gasteiger partial charge in [0.25, 0.3) is 0 Å². The largest absolute Gasteiger partial charge is 0.389 e. The van der Waals surface area contributed by atoms with E-state index in [2.05, 4.69) is 51.3 Å². The van der Waals surface area contributed by atoms with E-state index in [9.17, 15) is 0 Å². The highest BCUT2D eigenvalue weighted by molar-refractivity contribution is 8.12. The van der Waals surface area contributed by atoms with Gasteiger partial charge in [-0.2, -0.15) is 0 Å². The summed E-state index contributed by atoms with van der Waals surface area (Å²) >= 11 is 1.64. The van der Waals surface area contributed by atoms with Gasteiger partial charge in [-0.3, -0.25) is 4.90 Å². The summed E-state index contributed by atoms with van der Waals surface area (Å²) in [6.07, 6.45) is 1.69. The number of rotatable bonds is 10. The van der Waals surface area contributed by atoms with E-state index >= 15 is 0 Å². The van der Waals surface area contributed by atoms with E-state index < -0.39 is 0 Å². The maximum Gasteiger partial charge on any atom is 0.159 e. The molecular weight excluding hydrogens is 380 g/mol. The molecule has 29 heavy (non-hydrogen) atoms. The summed E-state index contributed by atoms with van der Waals surface area (Å²) in [6.45, 7) is 1.22. The van der Waals surface area contributed by atoms with Gasteiger partial charge in [0, 0.05) is 6.54 Å². The number of nitrogens with zero attached hydrogens (tertiary/aromatic N) is 4. The monoisotopic (exact) mass is 404 g/mol. The first-order valence-corrected chi connectivity index (χ1v) is 10.4. The van der Waals surface area contributed by atoms with Crippen LogP contribution in [0.4, 0.5) is 5.82 Å². The molecule has 2 aromatic carbocycles. The van der Waals surface area contributed by atoms with Crippen molar-refractivity contribution in [2.45, 2.75) is 13.2 Å². The van der Waals surface area contributed by atoms with E-state index in [-0.39, 0.29) is 0 Å². The van der Waals surface area contributed by atoms with Gasteiger partial charge in [-0.25, -0.2) is 9.98 Å². The molecule has 0 aliphatic heterocycles. The van der Waals surface area contributed by atoms with Crippen molar-refractivity contribution in [3.8, 4) is 0 Å². The number of aromatic nitrogens is 1. The fourth-order valence-corrected chi connectivity index (χ4v) is 3.15. The maximum absolute atomic E-state index is 5.34. The molecule has 1 heterocycles. The van der Waals surface area contributed by atoms with Crippen LogP contribution in [-0.2, 0) is 18.0 Å². The lowest BCUT2D eigenvalue weighted by atomic mass is 10.2. The van der Waals surface area contributed by atoms with Gasteiger partial charge < -0.3 is 4.84 Å². The average Bonchev–Trinajstić information content (AvgIpc) is 2.76. The van der Waals surface area contributed by atoms with Gasteiger partial charge in [0.1, 0.15) is 0 Å². The zero-order valence-electron chi connectivity index (χ0n) is 16.4. The SMILES string of the molecule is CN(CSC=Nc1cccc(CON=Cc2ccccc2)n1)Cc1ccccc1. The molecule has 0 atom stereocenters. The van der Waals surface area contributed by atoms with Crippen molar-refractivity contribution < 1.29 is 4.84 Å². The predicted molar refractivity (Wildman–Crippen MR) is 122 cm³/mol. The highest BCUT2D eigenvalue weighted by Gasteiger charge is 2.00. The number of thioether (sulfide) groups is 1. The van der Waals surface area contributed by atoms with Gasteiger partial charge in [-0.1, -0.05) is 83.6 Å². The van der Waals surface area contributed by atoms with Crippen LogP contribution in [0.25, 0.3) is 0 Å². The lowest BCUT2D eigenvalue weighted by Gasteiger charge is -2.14. The second kappa shape index (κ2) is 11.8. The Labute approximate surface area is 176 Å². The molecule has 0 radical (unpaired) electrons. The van der Waals surface area contributed by atoms with Crippen molar-refractivity contribution in [3.05, 3.63) is 95.7 Å². The van der Waals surface area contributed by atoms with Crippen LogP contribution in [0.5, 0.6) is 0 Å². The molecule has 5 nitrogen and oxygen atoms in total. The third kappa shape index (κ3) is 7.89. The second-order valence-corrected chi connectivity index (χ2v) is 7.24. The molecule has 0 saturated carbocycles. The van der Waals surface area contributed by atoms with E-state index in [1.165, 1.54) is 5.56 Å². The summed E-state index contributed by atoms with van der Waals surface area (Å²) in [5, 5.41) is 3.98. The van der Waals surface area contributed by atoms with Gasteiger partial charge in [-0.15, -0.1) is 0 Å². The molecular formula is C23H24N4OS. The summed E-state index contributed by atoms with van der Waals surface area (Å²) in [5.74, 6) is 1.52. The lowest BCUT2D eigenvalue weighted by Crippen LogP contribution is -2.16. The standard InChI is InChI=1S/C23H24N4OS/c1-27(16-21-11-6-3-7-12-21)19-29-18-24-23-14-8-13-22(26-23)17-28-25-15-20-9-4-2-5-10-20/h2-15,18H,16-17,19H2,1H3. The van der Waals surface area contributed by atoms with Crippen LogP contribution in [0.2, 0.25) is 0 Å². The molecule has 1 aromatic heterocycles. The number of oxime groups is 1. The molecule has 0 unspecified atom stereocenters. The lowest BCUT2D eigenvalue weighted by molar-refractivity contribution is 0.129. The molecule has 6 heteroatoms. The Morgan fingerprint density at radius 2 is 1.72 bits per heavy atom. The van der Waals surface area contributed by atoms with Gasteiger partial charge in [0.15, 0.2) is 12.4 Å². The van der Waals surface area contributed by atoms with Crippen LogP contribution in [0, 0.1) is 0 Å². The molecule has 0 amide bonds. The third-order valence-electron chi connectivity index (χ3n) is 3.93. The van der Waals surface area contributed by atoms with Crippen LogP contribution >= 0.6 is 11.8 Å². The van der Waals surface area contributed by atoms with E-state index in [1.807, 2.05) is 60.1 Å². The van der Waals surface area contributed by atoms with Crippen LogP contribution in [0.1, 0.15) is 16.8 Å². The summed E-state index contributed by atoms with van der Waals surface area (Å²) in [4.78, 5) is 16.5. The van der Waals surface area contributed by atoms with Crippen molar-refractivity contribution >= 4 is 29.3 Å². The molecule has 3 aromatic rings. The third-order valence-corrected chi connectivity index (χ3v) is 4.77. The number of pyridine rings is 1. The first-order chi connectivity index (χ1) is 14.3. The van der Waals surface area contributed by atoms with Crippen LogP contribution in [-0.4, -0.2) is 34.6 Å². The van der Waals surface area contributed by atoms with Gasteiger partial charge in [0.2, 0.25) is 0 Å². The highest BCUT2D eigenvalue weighted by atomic mass is 32.2. The Morgan fingerprint density at radius 1 is 0.966 bits per heavy atom. The molecule has 0 N–H and O–H groups in total. The minimum atomic E-state index is 0.305. The normalized spacial score (nSPS) is 11.5. The smallest absolute Gasteiger partial charge is 0.159 e. The molecule has 0 spiro atoms. The van der Waals surface area contributed by atoms with Crippen molar-refractivity contribution in [2.24, 2.45) is 10.1 Å². The van der Waals surface area contributed by atoms with Crippen molar-refractivity contribution in [2.75, 3.05) is 12.9 Å². The molecule has 0 bridgehead atoms. The van der Waals surface area contributed by atoms with E-state index in [0.29, 0.717) is 12.4 Å².